The third-order valence-corrected chi connectivity index (χ3v) is 3.83. The average molecular weight is 374 g/mol. The van der Waals surface area contributed by atoms with Crippen LogP contribution in [0.4, 0.5) is 10.2 Å². The summed E-state index contributed by atoms with van der Waals surface area (Å²) in [6.45, 7) is 2.05. The number of carbonyl (C=O) groups is 1. The number of ether oxygens (including phenoxy) is 1. The van der Waals surface area contributed by atoms with Crippen molar-refractivity contribution in [3.8, 4) is 11.4 Å². The summed E-state index contributed by atoms with van der Waals surface area (Å²) in [6, 6.07) is 14.6. The van der Waals surface area contributed by atoms with Crippen molar-refractivity contribution in [2.45, 2.75) is 13.3 Å². The zero-order valence-corrected chi connectivity index (χ0v) is 14.8. The Labute approximate surface area is 155 Å². The lowest BCUT2D eigenvalue weighted by molar-refractivity contribution is -0.116. The van der Waals surface area contributed by atoms with Gasteiger partial charge in [0.05, 0.1) is 24.4 Å². The summed E-state index contributed by atoms with van der Waals surface area (Å²) in [7, 11) is 0. The molecule has 1 aromatic heterocycles. The predicted octanol–water partition coefficient (Wildman–Crippen LogP) is 4.38. The van der Waals surface area contributed by atoms with Crippen molar-refractivity contribution in [2.24, 2.45) is 0 Å². The summed E-state index contributed by atoms with van der Waals surface area (Å²) >= 11 is 5.81. The van der Waals surface area contributed by atoms with Crippen LogP contribution in [0.25, 0.3) is 5.69 Å². The minimum atomic E-state index is -0.331. The van der Waals surface area contributed by atoms with Gasteiger partial charge in [-0.1, -0.05) is 11.6 Å². The van der Waals surface area contributed by atoms with Gasteiger partial charge >= 0.3 is 0 Å². The molecule has 5 nitrogen and oxygen atoms in total. The quantitative estimate of drug-likeness (QED) is 0.697. The first-order valence-corrected chi connectivity index (χ1v) is 8.40. The number of amides is 1. The molecule has 3 aromatic rings. The fraction of sp³-hybridized carbons (Fsp3) is 0.158. The number of nitrogens with zero attached hydrogens (tertiary/aromatic N) is 2. The Morgan fingerprint density at radius 1 is 1.19 bits per heavy atom. The molecule has 0 spiro atoms. The van der Waals surface area contributed by atoms with E-state index in [4.69, 9.17) is 16.3 Å². The maximum Gasteiger partial charge on any atom is 0.228 e. The molecular weight excluding hydrogens is 357 g/mol. The van der Waals surface area contributed by atoms with Crippen LogP contribution in [0.3, 0.4) is 0 Å². The topological polar surface area (TPSA) is 56.1 Å². The van der Waals surface area contributed by atoms with Crippen molar-refractivity contribution in [2.75, 3.05) is 11.9 Å². The molecule has 0 bridgehead atoms. The first-order valence-electron chi connectivity index (χ1n) is 8.02. The van der Waals surface area contributed by atoms with Crippen LogP contribution in [0.1, 0.15) is 12.1 Å². The van der Waals surface area contributed by atoms with Gasteiger partial charge in [-0.15, -0.1) is 0 Å². The van der Waals surface area contributed by atoms with E-state index in [0.29, 0.717) is 22.3 Å². The Kier molecular flexibility index (Phi) is 5.53. The molecule has 0 aliphatic rings. The SMILES string of the molecule is Cc1cc(NC(=O)CCOc2ccc(Cl)cc2)n(-c2ccc(F)cc2)n1. The molecule has 1 heterocycles. The van der Waals surface area contributed by atoms with E-state index in [2.05, 4.69) is 10.4 Å². The molecule has 0 saturated carbocycles. The van der Waals surface area contributed by atoms with E-state index in [1.807, 2.05) is 6.92 Å². The Bertz CT molecular complexity index is 892. The highest BCUT2D eigenvalue weighted by atomic mass is 35.5. The lowest BCUT2D eigenvalue weighted by Crippen LogP contribution is -2.17. The van der Waals surface area contributed by atoms with Crippen molar-refractivity contribution >= 4 is 23.3 Å². The molecule has 7 heteroatoms. The van der Waals surface area contributed by atoms with Crippen molar-refractivity contribution in [1.29, 1.82) is 0 Å². The number of hydrogen-bond donors (Lipinski definition) is 1. The van der Waals surface area contributed by atoms with Crippen LogP contribution in [0.2, 0.25) is 5.02 Å². The number of benzene rings is 2. The van der Waals surface area contributed by atoms with Crippen LogP contribution in [0.5, 0.6) is 5.75 Å². The molecule has 0 atom stereocenters. The van der Waals surface area contributed by atoms with E-state index in [9.17, 15) is 9.18 Å². The Morgan fingerprint density at radius 2 is 1.88 bits per heavy atom. The van der Waals surface area contributed by atoms with Gasteiger partial charge in [0.25, 0.3) is 0 Å². The number of halogens is 2. The van der Waals surface area contributed by atoms with E-state index in [1.54, 1.807) is 47.1 Å². The molecule has 0 unspecified atom stereocenters. The second-order valence-electron chi connectivity index (χ2n) is 5.66. The molecule has 1 amide bonds. The van der Waals surface area contributed by atoms with Crippen molar-refractivity contribution in [3.63, 3.8) is 0 Å². The summed E-state index contributed by atoms with van der Waals surface area (Å²) in [4.78, 5) is 12.2. The van der Waals surface area contributed by atoms with Crippen LogP contribution in [0.15, 0.2) is 54.6 Å². The van der Waals surface area contributed by atoms with Crippen LogP contribution in [-0.4, -0.2) is 22.3 Å². The molecule has 26 heavy (non-hydrogen) atoms. The number of anilines is 1. The summed E-state index contributed by atoms with van der Waals surface area (Å²) in [6.07, 6.45) is 0.177. The first kappa shape index (κ1) is 17.9. The number of aryl methyl sites for hydroxylation is 1. The smallest absolute Gasteiger partial charge is 0.228 e. The van der Waals surface area contributed by atoms with Crippen LogP contribution in [-0.2, 0) is 4.79 Å². The zero-order chi connectivity index (χ0) is 18.5. The molecule has 0 aliphatic carbocycles. The Hall–Kier alpha value is -2.86. The molecule has 0 radical (unpaired) electrons. The first-order chi connectivity index (χ1) is 12.5. The van der Waals surface area contributed by atoms with Gasteiger partial charge in [0.2, 0.25) is 5.91 Å². The summed E-state index contributed by atoms with van der Waals surface area (Å²) < 4.78 is 20.2. The number of aromatic nitrogens is 2. The van der Waals surface area contributed by atoms with E-state index in [-0.39, 0.29) is 24.8 Å². The number of carbonyl (C=O) groups excluding carboxylic acids is 1. The maximum atomic E-state index is 13.1. The average Bonchev–Trinajstić information content (AvgIpc) is 2.97. The van der Waals surface area contributed by atoms with Gasteiger partial charge < -0.3 is 10.1 Å². The highest BCUT2D eigenvalue weighted by Gasteiger charge is 2.11. The second kappa shape index (κ2) is 8.01. The van der Waals surface area contributed by atoms with Gasteiger partial charge in [0, 0.05) is 11.1 Å². The Balaban J connectivity index is 1.60. The number of nitrogens with one attached hydrogen (secondary N) is 1. The molecule has 134 valence electrons. The normalized spacial score (nSPS) is 10.6. The fourth-order valence-corrected chi connectivity index (χ4v) is 2.49. The third kappa shape index (κ3) is 4.61. The standard InChI is InChI=1S/C19H17ClFN3O2/c1-13-12-18(24(23-13)16-6-4-15(21)5-7-16)22-19(25)10-11-26-17-8-2-14(20)3-9-17/h2-9,12H,10-11H2,1H3,(H,22,25). The molecule has 1 N–H and O–H groups in total. The van der Waals surface area contributed by atoms with Gasteiger partial charge in [-0.3, -0.25) is 4.79 Å². The second-order valence-corrected chi connectivity index (χ2v) is 6.10. The van der Waals surface area contributed by atoms with Crippen LogP contribution in [0, 0.1) is 12.7 Å². The van der Waals surface area contributed by atoms with Crippen LogP contribution < -0.4 is 10.1 Å². The van der Waals surface area contributed by atoms with Gasteiger partial charge in [-0.25, -0.2) is 9.07 Å². The fourth-order valence-electron chi connectivity index (χ4n) is 2.37. The van der Waals surface area contributed by atoms with Gasteiger partial charge in [0.1, 0.15) is 17.4 Å². The van der Waals surface area contributed by atoms with Crippen molar-refractivity contribution in [1.82, 2.24) is 9.78 Å². The predicted molar refractivity (Wildman–Crippen MR) is 98.5 cm³/mol. The monoisotopic (exact) mass is 373 g/mol. The maximum absolute atomic E-state index is 13.1. The molecule has 0 saturated heterocycles. The van der Waals surface area contributed by atoms with E-state index in [1.165, 1.54) is 12.1 Å². The van der Waals surface area contributed by atoms with Gasteiger partial charge in [-0.2, -0.15) is 5.10 Å². The van der Waals surface area contributed by atoms with Crippen LogP contribution >= 0.6 is 11.6 Å². The number of rotatable bonds is 6. The molecule has 3 rings (SSSR count). The highest BCUT2D eigenvalue weighted by molar-refractivity contribution is 6.30. The Morgan fingerprint density at radius 3 is 2.58 bits per heavy atom. The lowest BCUT2D eigenvalue weighted by Gasteiger charge is -2.10. The van der Waals surface area contributed by atoms with E-state index < -0.39 is 0 Å². The third-order valence-electron chi connectivity index (χ3n) is 3.58. The summed E-state index contributed by atoms with van der Waals surface area (Å²) in [5.41, 5.74) is 1.40. The molecular formula is C19H17ClFN3O2. The van der Waals surface area contributed by atoms with E-state index in [0.717, 1.165) is 5.69 Å². The van der Waals surface area contributed by atoms with Crippen molar-refractivity contribution < 1.29 is 13.9 Å². The zero-order valence-electron chi connectivity index (χ0n) is 14.1. The number of hydrogen-bond acceptors (Lipinski definition) is 3. The highest BCUT2D eigenvalue weighted by Crippen LogP contribution is 2.18. The van der Waals surface area contributed by atoms with Crippen molar-refractivity contribution in [3.05, 3.63) is 71.1 Å². The lowest BCUT2D eigenvalue weighted by atomic mass is 10.3. The largest absolute Gasteiger partial charge is 0.493 e. The van der Waals surface area contributed by atoms with Gasteiger partial charge in [0.15, 0.2) is 0 Å². The molecule has 0 aliphatic heterocycles. The molecule has 0 fully saturated rings. The van der Waals surface area contributed by atoms with Gasteiger partial charge in [-0.05, 0) is 55.5 Å². The summed E-state index contributed by atoms with van der Waals surface area (Å²) in [5.74, 6) is 0.629. The minimum Gasteiger partial charge on any atom is -0.493 e. The molecule has 2 aromatic carbocycles. The summed E-state index contributed by atoms with van der Waals surface area (Å²) in [5, 5.41) is 7.77. The minimum absolute atomic E-state index is 0.177. The van der Waals surface area contributed by atoms with E-state index >= 15 is 0 Å².